The van der Waals surface area contributed by atoms with Gasteiger partial charge in [0.15, 0.2) is 0 Å². The van der Waals surface area contributed by atoms with Crippen molar-refractivity contribution >= 4 is 66.5 Å². The number of rotatable bonds is 2. The maximum Gasteiger partial charge on any atom is 1.00 e. The number of benzene rings is 1. The number of hydrogen-bond acceptors (Lipinski definition) is 5. The molecule has 0 aliphatic carbocycles. The summed E-state index contributed by atoms with van der Waals surface area (Å²) in [6, 6.07) is 7.33. The molecule has 5 nitrogen and oxygen atoms in total. The van der Waals surface area contributed by atoms with E-state index in [0.29, 0.717) is 8.81 Å². The number of primary amides is 1. The quantitative estimate of drug-likeness (QED) is 0.527. The average molecular weight is 455 g/mol. The van der Waals surface area contributed by atoms with Gasteiger partial charge < -0.3 is 10.3 Å². The molecule has 0 bridgehead atoms. The van der Waals surface area contributed by atoms with Crippen molar-refractivity contribution in [1.82, 2.24) is 0 Å². The molecule has 11 heteroatoms. The van der Waals surface area contributed by atoms with E-state index < -0.39 is 16.0 Å². The van der Waals surface area contributed by atoms with Gasteiger partial charge in [-0.2, -0.15) is 0 Å². The van der Waals surface area contributed by atoms with E-state index in [0.717, 1.165) is 11.3 Å². The van der Waals surface area contributed by atoms with Gasteiger partial charge in [-0.3, -0.25) is 4.79 Å². The summed E-state index contributed by atoms with van der Waals surface area (Å²) in [5.41, 5.74) is 5.29. The van der Waals surface area contributed by atoms with Gasteiger partial charge in [0.05, 0.1) is 14.4 Å². The van der Waals surface area contributed by atoms with Gasteiger partial charge >= 0.3 is 29.6 Å². The molecule has 1 amide bonds. The van der Waals surface area contributed by atoms with E-state index in [4.69, 9.17) is 28.9 Å². The monoisotopic (exact) mass is 453 g/mol. The van der Waals surface area contributed by atoms with Crippen molar-refractivity contribution in [2.24, 2.45) is 5.73 Å². The molecule has 2 rings (SSSR count). The first-order chi connectivity index (χ1) is 9.61. The van der Waals surface area contributed by atoms with Crippen molar-refractivity contribution in [3.8, 4) is 0 Å². The predicted molar refractivity (Wildman–Crippen MR) is 85.0 cm³/mol. The summed E-state index contributed by atoms with van der Waals surface area (Å²) < 4.78 is 31.3. The maximum absolute atomic E-state index is 10.6. The Labute approximate surface area is 172 Å². The molecule has 0 saturated carbocycles. The topological polar surface area (TPSA) is 100 Å². The minimum Gasteiger partial charge on any atom is -0.743 e. The van der Waals surface area contributed by atoms with E-state index in [2.05, 4.69) is 15.9 Å². The molecule has 0 aliphatic rings. The van der Waals surface area contributed by atoms with Gasteiger partial charge in [-0.1, -0.05) is 23.2 Å². The molecule has 2 aromatic rings. The SMILES string of the molecule is NC(=O)c1ccc(Cl)cc1Cl.O=S(=O)([O-])c1ccc(Br)s1.[Na+]. The minimum atomic E-state index is -4.24. The molecular weight excluding hydrogens is 448 g/mol. The van der Waals surface area contributed by atoms with Gasteiger partial charge in [-0.25, -0.2) is 8.42 Å². The average Bonchev–Trinajstić information content (AvgIpc) is 2.76. The Morgan fingerprint density at radius 3 is 2.14 bits per heavy atom. The van der Waals surface area contributed by atoms with Crippen LogP contribution in [0, 0.1) is 0 Å². The third kappa shape index (κ3) is 7.29. The molecule has 1 heterocycles. The summed E-state index contributed by atoms with van der Waals surface area (Å²) in [4.78, 5) is 10.6. The van der Waals surface area contributed by atoms with Crippen LogP contribution in [0.25, 0.3) is 0 Å². The first kappa shape index (κ1) is 22.4. The van der Waals surface area contributed by atoms with Crippen LogP contribution in [0.1, 0.15) is 10.4 Å². The standard InChI is InChI=1S/C7H5Cl2NO.C4H3BrO3S2.Na/c8-4-1-2-5(7(10)11)6(9)3-4;5-3-1-2-4(9-3)10(6,7)8;/h1-3H,(H2,10,11);1-2H,(H,6,7,8);/q;;+1/p-1. The van der Waals surface area contributed by atoms with E-state index >= 15 is 0 Å². The molecule has 2 N–H and O–H groups in total. The Bertz CT molecular complexity index is 767. The molecule has 0 saturated heterocycles. The minimum absolute atomic E-state index is 0. The van der Waals surface area contributed by atoms with Crippen LogP contribution < -0.4 is 35.3 Å². The molecule has 22 heavy (non-hydrogen) atoms. The van der Waals surface area contributed by atoms with E-state index in [-0.39, 0.29) is 44.4 Å². The number of hydrogen-bond donors (Lipinski definition) is 1. The Kier molecular flexibility index (Phi) is 9.76. The third-order valence-electron chi connectivity index (χ3n) is 1.99. The van der Waals surface area contributed by atoms with Crippen molar-refractivity contribution in [3.63, 3.8) is 0 Å². The largest absolute Gasteiger partial charge is 1.00 e. The van der Waals surface area contributed by atoms with E-state index in [1.165, 1.54) is 24.3 Å². The second-order valence-corrected chi connectivity index (χ2v) is 8.41. The summed E-state index contributed by atoms with van der Waals surface area (Å²) in [6.07, 6.45) is 0. The van der Waals surface area contributed by atoms with Gasteiger partial charge in [0.1, 0.15) is 14.3 Å². The molecule has 0 atom stereocenters. The molecule has 1 aromatic carbocycles. The van der Waals surface area contributed by atoms with Crippen molar-refractivity contribution in [1.29, 1.82) is 0 Å². The zero-order valence-corrected chi connectivity index (χ0v) is 17.8. The van der Waals surface area contributed by atoms with Crippen molar-refractivity contribution in [2.75, 3.05) is 0 Å². The van der Waals surface area contributed by atoms with Crippen molar-refractivity contribution in [3.05, 3.63) is 49.7 Å². The second-order valence-electron chi connectivity index (χ2n) is 3.50. The zero-order chi connectivity index (χ0) is 16.2. The first-order valence-electron chi connectivity index (χ1n) is 5.07. The number of carbonyl (C=O) groups is 1. The summed E-state index contributed by atoms with van der Waals surface area (Å²) in [5, 5.41) is 0.769. The third-order valence-corrected chi connectivity index (χ3v) is 5.45. The van der Waals surface area contributed by atoms with Crippen molar-refractivity contribution in [2.45, 2.75) is 4.21 Å². The number of nitrogens with two attached hydrogens (primary N) is 1. The summed E-state index contributed by atoms with van der Waals surface area (Å²) >= 11 is 15.2. The number of halogens is 3. The fourth-order valence-corrected chi connectivity index (χ4v) is 3.98. The number of thiophene rings is 1. The van der Waals surface area contributed by atoms with Gasteiger partial charge in [-0.05, 0) is 46.3 Å². The fourth-order valence-electron chi connectivity index (χ4n) is 1.12. The van der Waals surface area contributed by atoms with Crippen LogP contribution in [-0.2, 0) is 10.1 Å². The van der Waals surface area contributed by atoms with Crippen LogP contribution in [0.4, 0.5) is 0 Å². The molecule has 0 aliphatic heterocycles. The Balaban J connectivity index is 0.000000385. The van der Waals surface area contributed by atoms with Crippen LogP contribution in [0.15, 0.2) is 38.3 Å². The van der Waals surface area contributed by atoms with E-state index in [1.807, 2.05) is 0 Å². The zero-order valence-electron chi connectivity index (χ0n) is 11.0. The molecular formula is C11H7BrCl2NNaO4S2. The van der Waals surface area contributed by atoms with Gasteiger partial charge in [0.25, 0.3) is 0 Å². The van der Waals surface area contributed by atoms with Crippen LogP contribution in [0.3, 0.4) is 0 Å². The Morgan fingerprint density at radius 1 is 1.23 bits per heavy atom. The van der Waals surface area contributed by atoms with E-state index in [9.17, 15) is 17.8 Å². The van der Waals surface area contributed by atoms with Gasteiger partial charge in [-0.15, -0.1) is 11.3 Å². The van der Waals surface area contributed by atoms with Gasteiger partial charge in [0, 0.05) is 5.02 Å². The maximum atomic E-state index is 10.6. The predicted octanol–water partition coefficient (Wildman–Crippen LogP) is 0.511. The molecule has 0 spiro atoms. The molecule has 1 aromatic heterocycles. The number of carbonyl (C=O) groups excluding carboxylic acids is 1. The smallest absolute Gasteiger partial charge is 0.743 e. The van der Waals surface area contributed by atoms with Crippen molar-refractivity contribution < 1.29 is 47.3 Å². The molecule has 0 fully saturated rings. The molecule has 0 radical (unpaired) electrons. The molecule has 114 valence electrons. The fraction of sp³-hybridized carbons (Fsp3) is 0. The summed E-state index contributed by atoms with van der Waals surface area (Å²) in [6.45, 7) is 0. The Morgan fingerprint density at radius 2 is 1.82 bits per heavy atom. The van der Waals surface area contributed by atoms with Crippen LogP contribution >= 0.6 is 50.5 Å². The summed E-state index contributed by atoms with van der Waals surface area (Å²) in [7, 11) is -4.24. The van der Waals surface area contributed by atoms with E-state index in [1.54, 1.807) is 6.07 Å². The first-order valence-corrected chi connectivity index (χ1v) is 8.84. The normalized spacial score (nSPS) is 10.2. The van der Waals surface area contributed by atoms with Crippen LogP contribution in [0.2, 0.25) is 10.0 Å². The van der Waals surface area contributed by atoms with Crippen LogP contribution in [-0.4, -0.2) is 18.9 Å². The second kappa shape index (κ2) is 9.61. The molecule has 0 unspecified atom stereocenters. The van der Waals surface area contributed by atoms with Gasteiger partial charge in [0.2, 0.25) is 5.91 Å². The van der Waals surface area contributed by atoms with Crippen LogP contribution in [0.5, 0.6) is 0 Å². The number of amides is 1. The Hall–Kier alpha value is 0.360. The summed E-state index contributed by atoms with van der Waals surface area (Å²) in [5.74, 6) is -0.549.